The van der Waals surface area contributed by atoms with Gasteiger partial charge in [0.2, 0.25) is 0 Å². The van der Waals surface area contributed by atoms with Crippen LogP contribution in [0.4, 0.5) is 0 Å². The summed E-state index contributed by atoms with van der Waals surface area (Å²) in [7, 11) is 0. The smallest absolute Gasteiger partial charge is 0.307 e. The highest BCUT2D eigenvalue weighted by Gasteiger charge is 2.51. The van der Waals surface area contributed by atoms with Gasteiger partial charge in [0.15, 0.2) is 11.9 Å². The Kier molecular flexibility index (Phi) is 11.7. The molecule has 12 nitrogen and oxygen atoms in total. The molecule has 2 aliphatic carbocycles. The fourth-order valence-corrected chi connectivity index (χ4v) is 5.85. The SMILES string of the molecule is CC(=O)OC1=C(C)C(OC(C)=O)CC(O)C(CO)=CC(OC(C)=O)C2CC(OC(C)=O)C(C)=C(C1OC(C)=O)C2(C)C. The summed E-state index contributed by atoms with van der Waals surface area (Å²) in [4.78, 5) is 61.5. The number of hydrogen-bond donors (Lipinski definition) is 2. The van der Waals surface area contributed by atoms with Gasteiger partial charge in [-0.25, -0.2) is 0 Å². The molecule has 2 rings (SSSR count). The summed E-state index contributed by atoms with van der Waals surface area (Å²) in [6, 6.07) is 0. The van der Waals surface area contributed by atoms with Crippen molar-refractivity contribution in [3.8, 4) is 0 Å². The minimum absolute atomic E-state index is 0.0880. The van der Waals surface area contributed by atoms with Gasteiger partial charge in [-0.05, 0) is 48.5 Å². The highest BCUT2D eigenvalue weighted by atomic mass is 16.6. The molecule has 0 saturated heterocycles. The zero-order valence-electron chi connectivity index (χ0n) is 25.6. The Hall–Kier alpha value is -3.51. The van der Waals surface area contributed by atoms with E-state index >= 15 is 0 Å². The molecule has 2 aliphatic rings. The predicted molar refractivity (Wildman–Crippen MR) is 147 cm³/mol. The van der Waals surface area contributed by atoms with Crippen LogP contribution < -0.4 is 0 Å². The highest BCUT2D eigenvalue weighted by molar-refractivity contribution is 5.70. The summed E-state index contributed by atoms with van der Waals surface area (Å²) in [6.07, 6.45) is -4.54. The first kappa shape index (κ1) is 34.7. The maximum atomic E-state index is 12.5. The van der Waals surface area contributed by atoms with Gasteiger partial charge in [-0.1, -0.05) is 13.8 Å². The van der Waals surface area contributed by atoms with Gasteiger partial charge in [0, 0.05) is 52.5 Å². The van der Waals surface area contributed by atoms with Gasteiger partial charge >= 0.3 is 29.8 Å². The summed E-state index contributed by atoms with van der Waals surface area (Å²) in [5, 5.41) is 21.4. The van der Waals surface area contributed by atoms with Crippen molar-refractivity contribution in [2.75, 3.05) is 6.61 Å². The van der Waals surface area contributed by atoms with E-state index in [0.717, 1.165) is 13.8 Å². The molecule has 0 radical (unpaired) electrons. The molecule has 6 atom stereocenters. The minimum atomic E-state index is -1.40. The van der Waals surface area contributed by atoms with Gasteiger partial charge in [0.1, 0.15) is 18.3 Å². The first-order valence-corrected chi connectivity index (χ1v) is 13.7. The number of rotatable bonds is 6. The van der Waals surface area contributed by atoms with Crippen molar-refractivity contribution in [3.63, 3.8) is 0 Å². The zero-order chi connectivity index (χ0) is 32.1. The van der Waals surface area contributed by atoms with Crippen LogP contribution in [0.15, 0.2) is 34.1 Å². The molecule has 0 heterocycles. The lowest BCUT2D eigenvalue weighted by Crippen LogP contribution is -2.49. The van der Waals surface area contributed by atoms with Crippen molar-refractivity contribution in [1.82, 2.24) is 0 Å². The Balaban J connectivity index is 3.13. The molecule has 2 bridgehead atoms. The van der Waals surface area contributed by atoms with E-state index in [1.165, 1.54) is 33.8 Å². The Morgan fingerprint density at radius 2 is 1.29 bits per heavy atom. The number of hydrogen-bond acceptors (Lipinski definition) is 12. The van der Waals surface area contributed by atoms with Crippen LogP contribution in [0.25, 0.3) is 0 Å². The summed E-state index contributed by atoms with van der Waals surface area (Å²) in [5.74, 6) is -4.23. The Labute approximate surface area is 245 Å². The van der Waals surface area contributed by atoms with Crippen molar-refractivity contribution in [3.05, 3.63) is 34.1 Å². The lowest BCUT2D eigenvalue weighted by Gasteiger charge is -2.48. The maximum absolute atomic E-state index is 12.5. The van der Waals surface area contributed by atoms with E-state index in [4.69, 9.17) is 23.7 Å². The van der Waals surface area contributed by atoms with Gasteiger partial charge in [0.25, 0.3) is 0 Å². The molecule has 0 aromatic rings. The average molecular weight is 595 g/mol. The molecule has 0 aromatic carbocycles. The number of esters is 5. The van der Waals surface area contributed by atoms with Crippen molar-refractivity contribution < 1.29 is 57.9 Å². The molecule has 234 valence electrons. The quantitative estimate of drug-likeness (QED) is 0.262. The topological polar surface area (TPSA) is 172 Å². The van der Waals surface area contributed by atoms with Crippen LogP contribution in [-0.2, 0) is 47.7 Å². The van der Waals surface area contributed by atoms with Gasteiger partial charge in [-0.15, -0.1) is 0 Å². The number of carbonyl (C=O) groups is 5. The van der Waals surface area contributed by atoms with Crippen LogP contribution in [0.2, 0.25) is 0 Å². The van der Waals surface area contributed by atoms with Crippen LogP contribution in [0.5, 0.6) is 0 Å². The Morgan fingerprint density at radius 1 is 0.786 bits per heavy atom. The normalized spacial score (nSPS) is 27.9. The number of ether oxygens (including phenoxy) is 5. The molecule has 0 amide bonds. The molecule has 12 heteroatoms. The van der Waals surface area contributed by atoms with Crippen molar-refractivity contribution in [1.29, 1.82) is 0 Å². The lowest BCUT2D eigenvalue weighted by molar-refractivity contribution is -0.156. The number of fused-ring (bicyclic) bond motifs is 2. The van der Waals surface area contributed by atoms with Crippen LogP contribution in [0.1, 0.15) is 75.2 Å². The van der Waals surface area contributed by atoms with Crippen LogP contribution >= 0.6 is 0 Å². The number of aliphatic hydroxyl groups is 2. The number of aliphatic hydroxyl groups excluding tert-OH is 2. The summed E-state index contributed by atoms with van der Waals surface area (Å²) in [6.45, 7) is 12.2. The second kappa shape index (κ2) is 14.1. The third-order valence-corrected chi connectivity index (χ3v) is 7.65. The third kappa shape index (κ3) is 8.28. The number of carbonyl (C=O) groups excluding carboxylic acids is 5. The third-order valence-electron chi connectivity index (χ3n) is 7.65. The molecule has 6 unspecified atom stereocenters. The maximum Gasteiger partial charge on any atom is 0.307 e. The molecule has 0 spiro atoms. The van der Waals surface area contributed by atoms with E-state index < -0.39 is 78.3 Å². The molecular weight excluding hydrogens is 552 g/mol. The minimum Gasteiger partial charge on any atom is -0.458 e. The summed E-state index contributed by atoms with van der Waals surface area (Å²) in [5.41, 5.74) is 0.177. The molecule has 42 heavy (non-hydrogen) atoms. The average Bonchev–Trinajstić information content (AvgIpc) is 2.83. The lowest BCUT2D eigenvalue weighted by atomic mass is 9.60. The van der Waals surface area contributed by atoms with Crippen molar-refractivity contribution >= 4 is 29.8 Å². The van der Waals surface area contributed by atoms with Crippen LogP contribution in [-0.4, -0.2) is 77.2 Å². The van der Waals surface area contributed by atoms with Crippen LogP contribution in [0, 0.1) is 11.3 Å². The van der Waals surface area contributed by atoms with E-state index in [1.54, 1.807) is 6.92 Å². The van der Waals surface area contributed by atoms with E-state index in [1.807, 2.05) is 13.8 Å². The predicted octanol–water partition coefficient (Wildman–Crippen LogP) is 2.60. The fourth-order valence-electron chi connectivity index (χ4n) is 5.85. The summed E-state index contributed by atoms with van der Waals surface area (Å²) < 4.78 is 28.4. The van der Waals surface area contributed by atoms with Crippen LogP contribution in [0.3, 0.4) is 0 Å². The molecule has 0 aromatic heterocycles. The Morgan fingerprint density at radius 3 is 1.74 bits per heavy atom. The second-order valence-electron chi connectivity index (χ2n) is 11.2. The fraction of sp³-hybridized carbons (Fsp3) is 0.633. The van der Waals surface area contributed by atoms with Gasteiger partial charge < -0.3 is 33.9 Å². The van der Waals surface area contributed by atoms with Crippen molar-refractivity contribution in [2.45, 2.75) is 106 Å². The van der Waals surface area contributed by atoms with Crippen molar-refractivity contribution in [2.24, 2.45) is 11.3 Å². The first-order valence-electron chi connectivity index (χ1n) is 13.7. The van der Waals surface area contributed by atoms with E-state index in [0.29, 0.717) is 11.1 Å². The molecule has 0 aliphatic heterocycles. The second-order valence-corrected chi connectivity index (χ2v) is 11.2. The van der Waals surface area contributed by atoms with E-state index in [-0.39, 0.29) is 29.7 Å². The largest absolute Gasteiger partial charge is 0.458 e. The van der Waals surface area contributed by atoms with Gasteiger partial charge in [-0.2, -0.15) is 0 Å². The van der Waals surface area contributed by atoms with Gasteiger partial charge in [0.05, 0.1) is 12.7 Å². The highest BCUT2D eigenvalue weighted by Crippen LogP contribution is 2.51. The first-order chi connectivity index (χ1) is 19.4. The molecule has 2 N–H and O–H groups in total. The molecule has 0 saturated carbocycles. The van der Waals surface area contributed by atoms with E-state index in [9.17, 15) is 34.2 Å². The molecule has 0 fully saturated rings. The standard InChI is InChI=1S/C30H42O12/c1-14-24(38-16(3)32)11-22-26(40-18(5)34)10-21(13-31)23(37)12-25(39-17(4)33)15(2)28(41-19(6)35)29(42-20(7)36)27(14)30(22,8)9/h10,22-26,29,31,37H,11-13H2,1-9H3. The Bertz CT molecular complexity index is 1190. The monoisotopic (exact) mass is 594 g/mol. The van der Waals surface area contributed by atoms with E-state index in [2.05, 4.69) is 0 Å². The zero-order valence-corrected chi connectivity index (χ0v) is 25.6. The molecular formula is C30H42O12. The van der Waals surface area contributed by atoms with Gasteiger partial charge in [-0.3, -0.25) is 24.0 Å². The summed E-state index contributed by atoms with van der Waals surface area (Å²) >= 11 is 0.